The van der Waals surface area contributed by atoms with E-state index >= 15 is 0 Å². The van der Waals surface area contributed by atoms with E-state index in [2.05, 4.69) is 4.72 Å². The third kappa shape index (κ3) is 7.17. The molecule has 0 saturated heterocycles. The normalized spacial score (nSPS) is 13.4. The van der Waals surface area contributed by atoms with Gasteiger partial charge in [0.25, 0.3) is 5.69 Å². The van der Waals surface area contributed by atoms with Crippen LogP contribution >= 0.6 is 0 Å². The van der Waals surface area contributed by atoms with Crippen molar-refractivity contribution < 1.29 is 27.6 Å². The lowest BCUT2D eigenvalue weighted by Gasteiger charge is -2.31. The largest absolute Gasteiger partial charge is 0.489 e. The number of sulfonamides is 1. The summed E-state index contributed by atoms with van der Waals surface area (Å²) in [5.41, 5.74) is -0.0925. The lowest BCUT2D eigenvalue weighted by molar-refractivity contribution is -0.385. The molecule has 202 valence electrons. The summed E-state index contributed by atoms with van der Waals surface area (Å²) in [7, 11) is -4.00. The number of nitro benzene ring substituents is 1. The van der Waals surface area contributed by atoms with Gasteiger partial charge in [-0.3, -0.25) is 14.9 Å². The van der Waals surface area contributed by atoms with Gasteiger partial charge in [0.05, 0.1) is 15.4 Å². The number of carbonyl (C=O) groups is 1. The van der Waals surface area contributed by atoms with E-state index < -0.39 is 32.1 Å². The fourth-order valence-electron chi connectivity index (χ4n) is 3.55. The van der Waals surface area contributed by atoms with Gasteiger partial charge < -0.3 is 9.47 Å². The first-order valence-electron chi connectivity index (χ1n) is 12.1. The summed E-state index contributed by atoms with van der Waals surface area (Å²) < 4.78 is 39.7. The monoisotopic (exact) mass is 540 g/mol. The smallest absolute Gasteiger partial charge is 0.327 e. The predicted octanol–water partition coefficient (Wildman–Crippen LogP) is 5.63. The van der Waals surface area contributed by atoms with Crippen LogP contribution in [0.4, 0.5) is 5.69 Å². The van der Waals surface area contributed by atoms with Crippen LogP contribution in [0.2, 0.25) is 0 Å². The maximum Gasteiger partial charge on any atom is 0.327 e. The van der Waals surface area contributed by atoms with Gasteiger partial charge in [0, 0.05) is 6.07 Å². The molecular formula is C28H32N2O7S. The first-order chi connectivity index (χ1) is 17.7. The lowest BCUT2D eigenvalue weighted by atomic mass is 10.0. The summed E-state index contributed by atoms with van der Waals surface area (Å²) in [6.45, 7) is 8.44. The number of hydrogen-bond acceptors (Lipinski definition) is 7. The molecule has 0 saturated carbocycles. The number of ether oxygens (including phenoxy) is 2. The van der Waals surface area contributed by atoms with Crippen molar-refractivity contribution in [2.75, 3.05) is 0 Å². The molecule has 1 N–H and O–H groups in total. The van der Waals surface area contributed by atoms with Gasteiger partial charge in [-0.2, -0.15) is 4.72 Å². The summed E-state index contributed by atoms with van der Waals surface area (Å²) in [4.78, 5) is 23.4. The van der Waals surface area contributed by atoms with Crippen molar-refractivity contribution in [1.29, 1.82) is 0 Å². The molecule has 0 aliphatic heterocycles. The van der Waals surface area contributed by atoms with Crippen LogP contribution in [0.5, 0.6) is 5.75 Å². The zero-order valence-corrected chi connectivity index (χ0v) is 22.9. The van der Waals surface area contributed by atoms with E-state index in [1.807, 2.05) is 12.1 Å². The van der Waals surface area contributed by atoms with Crippen molar-refractivity contribution in [3.8, 4) is 16.9 Å². The summed E-state index contributed by atoms with van der Waals surface area (Å²) in [6, 6.07) is 19.8. The maximum atomic E-state index is 13.0. The van der Waals surface area contributed by atoms with Crippen LogP contribution < -0.4 is 9.46 Å². The van der Waals surface area contributed by atoms with Crippen LogP contribution in [-0.2, 0) is 26.2 Å². The molecule has 0 amide bonds. The molecule has 0 radical (unpaired) electrons. The van der Waals surface area contributed by atoms with Crippen LogP contribution in [0, 0.1) is 10.1 Å². The van der Waals surface area contributed by atoms with E-state index in [-0.39, 0.29) is 23.6 Å². The van der Waals surface area contributed by atoms with Gasteiger partial charge in [-0.05, 0) is 75.6 Å². The van der Waals surface area contributed by atoms with Crippen molar-refractivity contribution in [3.05, 3.63) is 88.5 Å². The summed E-state index contributed by atoms with van der Waals surface area (Å²) in [5.74, 6) is -0.104. The van der Waals surface area contributed by atoms with Crippen molar-refractivity contribution >= 4 is 21.7 Å². The third-order valence-electron chi connectivity index (χ3n) is 5.85. The van der Waals surface area contributed by atoms with Gasteiger partial charge in [0.15, 0.2) is 0 Å². The Morgan fingerprint density at radius 2 is 1.47 bits per heavy atom. The molecule has 0 aliphatic carbocycles. The summed E-state index contributed by atoms with van der Waals surface area (Å²) in [5, 5.41) is 11.2. The number of esters is 1. The van der Waals surface area contributed by atoms with Gasteiger partial charge in [-0.25, -0.2) is 8.42 Å². The van der Waals surface area contributed by atoms with Gasteiger partial charge in [-0.1, -0.05) is 43.3 Å². The van der Waals surface area contributed by atoms with E-state index in [0.717, 1.165) is 11.1 Å². The fourth-order valence-corrected chi connectivity index (χ4v) is 4.98. The Hall–Kier alpha value is -3.76. The Morgan fingerprint density at radius 1 is 0.921 bits per heavy atom. The summed E-state index contributed by atoms with van der Waals surface area (Å²) in [6.07, 6.45) is 0.214. The molecule has 10 heteroatoms. The van der Waals surface area contributed by atoms with Crippen LogP contribution in [0.3, 0.4) is 0 Å². The highest BCUT2D eigenvalue weighted by Gasteiger charge is 2.39. The van der Waals surface area contributed by atoms with E-state index in [1.165, 1.54) is 25.1 Å². The standard InChI is InChI=1S/C28H32N2O7S/c1-6-28(5,26(31)37-27(2,3)4)29-38(34,35)24-17-13-21(14-18-24)20-11-15-23(16-12-20)36-19-22-9-7-8-10-25(22)30(32)33/h7-18,29H,6,19H2,1-5H3. The average molecular weight is 541 g/mol. The zero-order valence-electron chi connectivity index (χ0n) is 22.1. The second-order valence-electron chi connectivity index (χ2n) is 10.0. The predicted molar refractivity (Wildman–Crippen MR) is 144 cm³/mol. The van der Waals surface area contributed by atoms with Gasteiger partial charge in [0.1, 0.15) is 23.5 Å². The van der Waals surface area contributed by atoms with E-state index in [0.29, 0.717) is 11.3 Å². The minimum absolute atomic E-state index is 0.000928. The number of benzene rings is 3. The molecule has 0 aliphatic rings. The first kappa shape index (κ1) is 28.8. The Morgan fingerprint density at radius 3 is 2.00 bits per heavy atom. The van der Waals surface area contributed by atoms with Gasteiger partial charge in [0.2, 0.25) is 10.0 Å². The van der Waals surface area contributed by atoms with Crippen LogP contribution in [0.25, 0.3) is 11.1 Å². The molecule has 0 heterocycles. The van der Waals surface area contributed by atoms with E-state index in [4.69, 9.17) is 9.47 Å². The number of hydrogen-bond donors (Lipinski definition) is 1. The topological polar surface area (TPSA) is 125 Å². The molecule has 3 aromatic rings. The SMILES string of the molecule is CCC(C)(NS(=O)(=O)c1ccc(-c2ccc(OCc3ccccc3[N+](=O)[O-])cc2)cc1)C(=O)OC(C)(C)C. The lowest BCUT2D eigenvalue weighted by Crippen LogP contribution is -2.53. The molecule has 1 unspecified atom stereocenters. The van der Waals surface area contributed by atoms with Gasteiger partial charge in [-0.15, -0.1) is 0 Å². The maximum absolute atomic E-state index is 13.0. The Labute approximate surface area is 223 Å². The van der Waals surface area contributed by atoms with Crippen LogP contribution in [0.15, 0.2) is 77.7 Å². The molecule has 0 aromatic heterocycles. The molecule has 38 heavy (non-hydrogen) atoms. The second kappa shape index (κ2) is 11.3. The van der Waals surface area contributed by atoms with Crippen molar-refractivity contribution in [3.63, 3.8) is 0 Å². The number of carbonyl (C=O) groups excluding carboxylic acids is 1. The Kier molecular flexibility index (Phi) is 8.58. The van der Waals surface area contributed by atoms with Crippen molar-refractivity contribution in [2.45, 2.75) is 63.7 Å². The average Bonchev–Trinajstić information content (AvgIpc) is 2.86. The highest BCUT2D eigenvalue weighted by molar-refractivity contribution is 7.89. The number of nitro groups is 1. The van der Waals surface area contributed by atoms with E-state index in [1.54, 1.807) is 70.2 Å². The second-order valence-corrected chi connectivity index (χ2v) is 11.7. The fraction of sp³-hybridized carbons (Fsp3) is 0.321. The Balaban J connectivity index is 1.70. The highest BCUT2D eigenvalue weighted by Crippen LogP contribution is 2.27. The molecule has 3 aromatic carbocycles. The minimum Gasteiger partial charge on any atom is -0.489 e. The third-order valence-corrected chi connectivity index (χ3v) is 7.46. The molecule has 0 fully saturated rings. The van der Waals surface area contributed by atoms with E-state index in [9.17, 15) is 23.3 Å². The Bertz CT molecular complexity index is 1400. The molecule has 0 spiro atoms. The first-order valence-corrected chi connectivity index (χ1v) is 13.6. The number of rotatable bonds is 10. The minimum atomic E-state index is -4.00. The molecule has 1 atom stereocenters. The van der Waals surface area contributed by atoms with Crippen molar-refractivity contribution in [2.24, 2.45) is 0 Å². The zero-order chi connectivity index (χ0) is 28.1. The molecule has 9 nitrogen and oxygen atoms in total. The van der Waals surface area contributed by atoms with Gasteiger partial charge >= 0.3 is 5.97 Å². The van der Waals surface area contributed by atoms with Crippen LogP contribution in [0.1, 0.15) is 46.6 Å². The molecule has 3 rings (SSSR count). The number of nitrogens with zero attached hydrogens (tertiary/aromatic N) is 1. The quantitative estimate of drug-likeness (QED) is 0.201. The van der Waals surface area contributed by atoms with Crippen molar-refractivity contribution in [1.82, 2.24) is 4.72 Å². The molecule has 0 bridgehead atoms. The number of para-hydroxylation sites is 1. The molecular weight excluding hydrogens is 508 g/mol. The van der Waals surface area contributed by atoms with Crippen LogP contribution in [-0.4, -0.2) is 30.5 Å². The highest BCUT2D eigenvalue weighted by atomic mass is 32.2. The summed E-state index contributed by atoms with van der Waals surface area (Å²) >= 11 is 0. The number of nitrogens with one attached hydrogen (secondary N) is 1.